The van der Waals surface area contributed by atoms with Crippen molar-refractivity contribution in [2.75, 3.05) is 17.6 Å². The van der Waals surface area contributed by atoms with E-state index in [0.29, 0.717) is 35.1 Å². The molecule has 0 spiro atoms. The van der Waals surface area contributed by atoms with Gasteiger partial charge in [-0.3, -0.25) is 14.1 Å². The van der Waals surface area contributed by atoms with E-state index in [2.05, 4.69) is 40.8 Å². The molecule has 2 amide bonds. The number of para-hydroxylation sites is 2. The number of carbonyl (C=O) groups excluding carboxylic acids is 2. The molecule has 49 heavy (non-hydrogen) atoms. The van der Waals surface area contributed by atoms with E-state index in [1.54, 1.807) is 24.3 Å². The van der Waals surface area contributed by atoms with Crippen LogP contribution in [-0.4, -0.2) is 42.1 Å². The molecule has 10 heteroatoms. The Labute approximate surface area is 285 Å². The second-order valence-corrected chi connectivity index (χ2v) is 14.9. The molecular weight excluding hydrogens is 639 g/mol. The highest BCUT2D eigenvalue weighted by atomic mass is 32.2. The number of aromatic nitrogens is 1. The van der Waals surface area contributed by atoms with Gasteiger partial charge in [0.1, 0.15) is 5.52 Å². The zero-order valence-corrected chi connectivity index (χ0v) is 27.9. The number of hydrogen-bond acceptors (Lipinski definition) is 6. The quantitative estimate of drug-likeness (QED) is 0.125. The van der Waals surface area contributed by atoms with Crippen LogP contribution in [0.15, 0.2) is 108 Å². The van der Waals surface area contributed by atoms with Gasteiger partial charge in [-0.25, -0.2) is 4.98 Å². The topological polar surface area (TPSA) is 139 Å². The summed E-state index contributed by atoms with van der Waals surface area (Å²) in [7, 11) is -4.18. The van der Waals surface area contributed by atoms with Crippen LogP contribution in [0.3, 0.4) is 0 Å². The molecule has 2 unspecified atom stereocenters. The molecule has 1 heterocycles. The normalized spacial score (nSPS) is 19.1. The van der Waals surface area contributed by atoms with Gasteiger partial charge in [0.25, 0.3) is 16.0 Å². The zero-order chi connectivity index (χ0) is 34.2. The molecule has 5 aromatic rings. The SMILES string of the molecule is CC12CCC(C=C1c1ccc([C@@H](Cc3ccc(C(=O)NCCS(=O)(=O)O)cc3)C(=O)Nc3ccc(-c4nc5ccccc5o4)cc3)cc1)C2. The third-order valence-electron chi connectivity index (χ3n) is 9.77. The van der Waals surface area contributed by atoms with Crippen molar-refractivity contribution < 1.29 is 27.0 Å². The second kappa shape index (κ2) is 13.1. The Morgan fingerprint density at radius 3 is 2.33 bits per heavy atom. The largest absolute Gasteiger partial charge is 0.436 e. The van der Waals surface area contributed by atoms with Gasteiger partial charge >= 0.3 is 0 Å². The first-order chi connectivity index (χ1) is 23.5. The number of anilines is 1. The summed E-state index contributed by atoms with van der Waals surface area (Å²) in [6, 6.07) is 30.2. The first-order valence-corrected chi connectivity index (χ1v) is 18.1. The number of nitrogens with one attached hydrogen (secondary N) is 2. The molecule has 1 aromatic heterocycles. The van der Waals surface area contributed by atoms with E-state index in [1.807, 2.05) is 60.7 Å². The maximum Gasteiger partial charge on any atom is 0.266 e. The van der Waals surface area contributed by atoms with Crippen molar-refractivity contribution in [3.8, 4) is 11.5 Å². The highest BCUT2D eigenvalue weighted by Gasteiger charge is 2.43. The van der Waals surface area contributed by atoms with Gasteiger partial charge in [0.05, 0.1) is 11.7 Å². The summed E-state index contributed by atoms with van der Waals surface area (Å²) in [6.07, 6.45) is 6.47. The predicted molar refractivity (Wildman–Crippen MR) is 190 cm³/mol. The molecule has 2 aliphatic carbocycles. The molecule has 250 valence electrons. The van der Waals surface area contributed by atoms with Crippen LogP contribution in [0.2, 0.25) is 0 Å². The summed E-state index contributed by atoms with van der Waals surface area (Å²) in [6.45, 7) is 2.15. The van der Waals surface area contributed by atoms with E-state index >= 15 is 0 Å². The number of carbonyl (C=O) groups is 2. The number of allylic oxidation sites excluding steroid dienone is 2. The van der Waals surface area contributed by atoms with Crippen molar-refractivity contribution in [3.63, 3.8) is 0 Å². The summed E-state index contributed by atoms with van der Waals surface area (Å²) in [5, 5.41) is 5.59. The predicted octanol–water partition coefficient (Wildman–Crippen LogP) is 7.28. The fourth-order valence-corrected chi connectivity index (χ4v) is 7.52. The highest BCUT2D eigenvalue weighted by Crippen LogP contribution is 2.57. The Hall–Kier alpha value is -5.06. The van der Waals surface area contributed by atoms with Gasteiger partial charge in [0.2, 0.25) is 11.8 Å². The van der Waals surface area contributed by atoms with E-state index in [4.69, 9.17) is 8.97 Å². The maximum absolute atomic E-state index is 14.0. The lowest BCUT2D eigenvalue weighted by Gasteiger charge is -2.26. The summed E-state index contributed by atoms with van der Waals surface area (Å²) in [4.78, 5) is 31.0. The third-order valence-corrected chi connectivity index (χ3v) is 10.5. The number of rotatable bonds is 11. The van der Waals surface area contributed by atoms with E-state index in [-0.39, 0.29) is 17.9 Å². The summed E-state index contributed by atoms with van der Waals surface area (Å²) in [5.41, 5.74) is 7.83. The standard InChI is InChI=1S/C39H37N3O6S/c1-39-19-18-26(24-39)23-33(39)28-12-10-27(11-13-28)32(22-25-6-8-29(9-7-25)36(43)40-20-21-49(45,46)47)37(44)41-31-16-14-30(15-17-31)38-42-34-4-2-3-5-35(34)48-38/h2-17,23,26,32H,18-22,24H2,1H3,(H,40,43)(H,41,44)(H,45,46,47)/t26?,32-,39?/m1/s1. The van der Waals surface area contributed by atoms with E-state index in [0.717, 1.165) is 22.2 Å². The van der Waals surface area contributed by atoms with Crippen molar-refractivity contribution in [1.82, 2.24) is 10.3 Å². The van der Waals surface area contributed by atoms with Crippen LogP contribution in [-0.2, 0) is 21.3 Å². The molecule has 2 aliphatic rings. The molecule has 9 nitrogen and oxygen atoms in total. The molecule has 7 rings (SSSR count). The Bertz CT molecular complexity index is 2120. The molecule has 0 radical (unpaired) electrons. The Kier molecular flexibility index (Phi) is 8.68. The molecule has 0 aliphatic heterocycles. The first kappa shape index (κ1) is 32.5. The van der Waals surface area contributed by atoms with Gasteiger partial charge in [0.15, 0.2) is 5.58 Å². The third kappa shape index (κ3) is 7.21. The van der Waals surface area contributed by atoms with E-state index in [9.17, 15) is 18.0 Å². The summed E-state index contributed by atoms with van der Waals surface area (Å²) < 4.78 is 36.8. The molecule has 3 atom stereocenters. The van der Waals surface area contributed by atoms with Crippen molar-refractivity contribution >= 4 is 44.3 Å². The maximum atomic E-state index is 14.0. The highest BCUT2D eigenvalue weighted by molar-refractivity contribution is 7.85. The fourth-order valence-electron chi connectivity index (χ4n) is 7.16. The van der Waals surface area contributed by atoms with Crippen LogP contribution in [0.5, 0.6) is 0 Å². The Balaban J connectivity index is 1.10. The molecule has 0 saturated heterocycles. The monoisotopic (exact) mass is 675 g/mol. The van der Waals surface area contributed by atoms with Gasteiger partial charge in [-0.2, -0.15) is 8.42 Å². The first-order valence-electron chi connectivity index (χ1n) is 16.4. The summed E-state index contributed by atoms with van der Waals surface area (Å²) in [5.74, 6) is -0.550. The Morgan fingerprint density at radius 2 is 1.67 bits per heavy atom. The van der Waals surface area contributed by atoms with Gasteiger partial charge < -0.3 is 15.1 Å². The average molecular weight is 676 g/mol. The molecule has 1 saturated carbocycles. The van der Waals surface area contributed by atoms with Crippen LogP contribution < -0.4 is 10.6 Å². The van der Waals surface area contributed by atoms with Crippen molar-refractivity contribution in [2.24, 2.45) is 11.3 Å². The molecule has 3 N–H and O–H groups in total. The molecule has 2 bridgehead atoms. The minimum absolute atomic E-state index is 0.166. The average Bonchev–Trinajstić information content (AvgIpc) is 3.79. The van der Waals surface area contributed by atoms with E-state index in [1.165, 1.54) is 30.4 Å². The fraction of sp³-hybridized carbons (Fsp3) is 0.256. The lowest BCUT2D eigenvalue weighted by atomic mass is 9.78. The number of oxazole rings is 1. The van der Waals surface area contributed by atoms with Crippen molar-refractivity contribution in [1.29, 1.82) is 0 Å². The van der Waals surface area contributed by atoms with Crippen LogP contribution in [0.4, 0.5) is 5.69 Å². The van der Waals surface area contributed by atoms with Gasteiger partial charge in [-0.1, -0.05) is 61.5 Å². The van der Waals surface area contributed by atoms with Crippen LogP contribution >= 0.6 is 0 Å². The van der Waals surface area contributed by atoms with Gasteiger partial charge in [-0.05, 0) is 108 Å². The molecule has 1 fully saturated rings. The minimum Gasteiger partial charge on any atom is -0.436 e. The minimum atomic E-state index is -4.18. The van der Waals surface area contributed by atoms with Crippen LogP contribution in [0, 0.1) is 11.3 Å². The Morgan fingerprint density at radius 1 is 0.959 bits per heavy atom. The number of amides is 2. The van der Waals surface area contributed by atoms with Gasteiger partial charge in [0, 0.05) is 23.4 Å². The number of hydrogen-bond donors (Lipinski definition) is 3. The number of fused-ring (bicyclic) bond motifs is 3. The lowest BCUT2D eigenvalue weighted by Crippen LogP contribution is -2.28. The number of benzene rings is 4. The smallest absolute Gasteiger partial charge is 0.266 e. The second-order valence-electron chi connectivity index (χ2n) is 13.3. The zero-order valence-electron chi connectivity index (χ0n) is 27.1. The van der Waals surface area contributed by atoms with Gasteiger partial charge in [-0.15, -0.1) is 0 Å². The molecular formula is C39H37N3O6S. The lowest BCUT2D eigenvalue weighted by molar-refractivity contribution is -0.117. The van der Waals surface area contributed by atoms with Crippen molar-refractivity contribution in [2.45, 2.75) is 38.5 Å². The van der Waals surface area contributed by atoms with E-state index < -0.39 is 27.7 Å². The molecule has 4 aromatic carbocycles. The van der Waals surface area contributed by atoms with Crippen molar-refractivity contribution in [3.05, 3.63) is 125 Å². The number of nitrogens with zero attached hydrogens (tertiary/aromatic N) is 1. The van der Waals surface area contributed by atoms with Crippen LogP contribution in [0.25, 0.3) is 28.1 Å². The summed E-state index contributed by atoms with van der Waals surface area (Å²) >= 11 is 0. The van der Waals surface area contributed by atoms with Crippen LogP contribution in [0.1, 0.15) is 59.2 Å².